The first-order chi connectivity index (χ1) is 18.3. The molecule has 0 bridgehead atoms. The second-order valence-corrected chi connectivity index (χ2v) is 12.2. The number of hydrogen-bond donors (Lipinski definition) is 2. The quantitative estimate of drug-likeness (QED) is 0.551. The summed E-state index contributed by atoms with van der Waals surface area (Å²) in [6, 6.07) is 9.65. The van der Waals surface area contributed by atoms with Crippen LogP contribution in [-0.4, -0.2) is 82.2 Å². The van der Waals surface area contributed by atoms with Crippen LogP contribution in [0.1, 0.15) is 38.1 Å². The molecule has 0 aliphatic carbocycles. The molecule has 2 N–H and O–H groups in total. The average Bonchev–Trinajstić information content (AvgIpc) is 2.87. The molecule has 10 nitrogen and oxygen atoms in total. The predicted octanol–water partition coefficient (Wildman–Crippen LogP) is 4.06. The lowest BCUT2D eigenvalue weighted by Crippen LogP contribution is -2.52. The van der Waals surface area contributed by atoms with Crippen molar-refractivity contribution in [1.82, 2.24) is 15.1 Å². The molecule has 1 aliphatic heterocycles. The SMILES string of the molecule is CO[C@H]1CN(C)C(=O)c2ccc(NS(=O)(=O)c3ccc(Cl)cc3)cc2OC[C@@H](C)N(C(=O)NC(C)C)C[C@@H]1C. The Hall–Kier alpha value is -3.02. The molecule has 1 heterocycles. The van der Waals surface area contributed by atoms with E-state index in [0.29, 0.717) is 11.6 Å². The topological polar surface area (TPSA) is 117 Å². The maximum absolute atomic E-state index is 13.4. The van der Waals surface area contributed by atoms with Crippen LogP contribution in [0.15, 0.2) is 47.4 Å². The standard InChI is InChI=1S/C27H37ClN4O6S/c1-17(2)29-27(34)32-14-18(3)25(37-6)15-31(5)26(33)23-12-9-21(13-24(23)38-16-19(32)4)30-39(35,36)22-10-7-20(28)8-11-22/h7-13,17-19,25,30H,14-16H2,1-6H3,(H,29,34)/t18-,19+,25-/m0/s1. The van der Waals surface area contributed by atoms with Gasteiger partial charge in [-0.25, -0.2) is 13.2 Å². The fraction of sp³-hybridized carbons (Fsp3) is 0.481. The van der Waals surface area contributed by atoms with Gasteiger partial charge in [-0.1, -0.05) is 18.5 Å². The van der Waals surface area contributed by atoms with Gasteiger partial charge in [0.05, 0.1) is 28.3 Å². The first kappa shape index (κ1) is 30.5. The molecule has 0 saturated carbocycles. The summed E-state index contributed by atoms with van der Waals surface area (Å²) in [6.45, 7) is 8.37. The molecule has 0 spiro atoms. The van der Waals surface area contributed by atoms with E-state index in [4.69, 9.17) is 21.1 Å². The van der Waals surface area contributed by atoms with E-state index in [2.05, 4.69) is 10.0 Å². The molecule has 0 unspecified atom stereocenters. The van der Waals surface area contributed by atoms with Crippen molar-refractivity contribution in [2.24, 2.45) is 5.92 Å². The number of hydrogen-bond acceptors (Lipinski definition) is 6. The van der Waals surface area contributed by atoms with Crippen molar-refractivity contribution in [3.8, 4) is 5.75 Å². The van der Waals surface area contributed by atoms with Crippen LogP contribution in [0.25, 0.3) is 0 Å². The maximum atomic E-state index is 13.4. The zero-order valence-electron chi connectivity index (χ0n) is 23.1. The number of methoxy groups -OCH3 is 1. The third-order valence-electron chi connectivity index (χ3n) is 6.50. The number of nitrogens with one attached hydrogen (secondary N) is 2. The highest BCUT2D eigenvalue weighted by Gasteiger charge is 2.30. The Morgan fingerprint density at radius 1 is 1.13 bits per heavy atom. The number of sulfonamides is 1. The molecule has 1 aliphatic rings. The number of ether oxygens (including phenoxy) is 2. The van der Waals surface area contributed by atoms with Gasteiger partial charge in [-0.05, 0) is 57.2 Å². The van der Waals surface area contributed by atoms with Crippen LogP contribution >= 0.6 is 11.6 Å². The number of nitrogens with zero attached hydrogens (tertiary/aromatic N) is 2. The van der Waals surface area contributed by atoms with Gasteiger partial charge in [0.2, 0.25) is 0 Å². The van der Waals surface area contributed by atoms with Crippen LogP contribution in [-0.2, 0) is 14.8 Å². The molecule has 0 saturated heterocycles. The summed E-state index contributed by atoms with van der Waals surface area (Å²) in [5.74, 6) is -0.176. The maximum Gasteiger partial charge on any atom is 0.317 e. The van der Waals surface area contributed by atoms with Gasteiger partial charge < -0.3 is 24.6 Å². The molecule has 39 heavy (non-hydrogen) atoms. The minimum Gasteiger partial charge on any atom is -0.491 e. The van der Waals surface area contributed by atoms with E-state index in [1.54, 1.807) is 19.1 Å². The van der Waals surface area contributed by atoms with Crippen molar-refractivity contribution >= 4 is 39.2 Å². The van der Waals surface area contributed by atoms with Crippen LogP contribution < -0.4 is 14.8 Å². The lowest BCUT2D eigenvalue weighted by Gasteiger charge is -2.36. The Labute approximate surface area is 235 Å². The van der Waals surface area contributed by atoms with Gasteiger partial charge in [0.15, 0.2) is 0 Å². The number of carbonyl (C=O) groups is 2. The second kappa shape index (κ2) is 12.9. The highest BCUT2D eigenvalue weighted by atomic mass is 35.5. The summed E-state index contributed by atoms with van der Waals surface area (Å²) in [5, 5.41) is 3.36. The second-order valence-electron chi connectivity index (χ2n) is 10.1. The summed E-state index contributed by atoms with van der Waals surface area (Å²) >= 11 is 5.89. The Morgan fingerprint density at radius 3 is 2.41 bits per heavy atom. The minimum absolute atomic E-state index is 0.0385. The van der Waals surface area contributed by atoms with Gasteiger partial charge in [-0.2, -0.15) is 0 Å². The zero-order chi connectivity index (χ0) is 28.9. The van der Waals surface area contributed by atoms with Crippen LogP contribution in [0.5, 0.6) is 5.75 Å². The van der Waals surface area contributed by atoms with E-state index in [0.717, 1.165) is 0 Å². The molecule has 3 amide bonds. The Bertz CT molecular complexity index is 1270. The van der Waals surface area contributed by atoms with Crippen molar-refractivity contribution in [3.05, 3.63) is 53.1 Å². The Morgan fingerprint density at radius 2 is 1.79 bits per heavy atom. The van der Waals surface area contributed by atoms with Gasteiger partial charge in [0.25, 0.3) is 15.9 Å². The summed E-state index contributed by atoms with van der Waals surface area (Å²) in [7, 11) is -0.664. The highest BCUT2D eigenvalue weighted by molar-refractivity contribution is 7.92. The molecule has 214 valence electrons. The molecule has 3 rings (SSSR count). The molecule has 12 heteroatoms. The molecule has 0 fully saturated rings. The van der Waals surface area contributed by atoms with Gasteiger partial charge in [-0.3, -0.25) is 9.52 Å². The van der Waals surface area contributed by atoms with E-state index in [-0.39, 0.29) is 71.1 Å². The summed E-state index contributed by atoms with van der Waals surface area (Å²) in [5.41, 5.74) is 0.483. The fourth-order valence-corrected chi connectivity index (χ4v) is 5.45. The Kier molecular flexibility index (Phi) is 10.1. The lowest BCUT2D eigenvalue weighted by molar-refractivity contribution is 0.0165. The van der Waals surface area contributed by atoms with Crippen molar-refractivity contribution < 1.29 is 27.5 Å². The van der Waals surface area contributed by atoms with E-state index in [1.807, 2.05) is 27.7 Å². The molecule has 2 aromatic carbocycles. The van der Waals surface area contributed by atoms with Crippen LogP contribution in [0.3, 0.4) is 0 Å². The number of urea groups is 1. The van der Waals surface area contributed by atoms with Crippen molar-refractivity contribution in [2.45, 2.75) is 50.8 Å². The predicted molar refractivity (Wildman–Crippen MR) is 151 cm³/mol. The lowest BCUT2D eigenvalue weighted by atomic mass is 10.0. The third kappa shape index (κ3) is 7.77. The summed E-state index contributed by atoms with van der Waals surface area (Å²) in [6.07, 6.45) is -0.324. The van der Waals surface area contributed by atoms with Crippen LogP contribution in [0.2, 0.25) is 5.02 Å². The van der Waals surface area contributed by atoms with Crippen LogP contribution in [0, 0.1) is 5.92 Å². The van der Waals surface area contributed by atoms with Crippen molar-refractivity contribution in [1.29, 1.82) is 0 Å². The number of likely N-dealkylation sites (N-methyl/N-ethyl adjacent to an activating group) is 1. The van der Waals surface area contributed by atoms with Crippen molar-refractivity contribution in [2.75, 3.05) is 38.6 Å². The first-order valence-electron chi connectivity index (χ1n) is 12.7. The first-order valence-corrected chi connectivity index (χ1v) is 14.6. The van der Waals surface area contributed by atoms with Gasteiger partial charge in [0, 0.05) is 50.3 Å². The van der Waals surface area contributed by atoms with E-state index >= 15 is 0 Å². The van der Waals surface area contributed by atoms with Gasteiger partial charge >= 0.3 is 6.03 Å². The van der Waals surface area contributed by atoms with Gasteiger partial charge in [0.1, 0.15) is 12.4 Å². The largest absolute Gasteiger partial charge is 0.491 e. The summed E-state index contributed by atoms with van der Waals surface area (Å²) in [4.78, 5) is 29.8. The monoisotopic (exact) mass is 580 g/mol. The third-order valence-corrected chi connectivity index (χ3v) is 8.15. The normalized spacial score (nSPS) is 20.9. The number of anilines is 1. The molecular formula is C27H37ClN4O6S. The molecule has 2 aromatic rings. The average molecular weight is 581 g/mol. The molecule has 0 aromatic heterocycles. The smallest absolute Gasteiger partial charge is 0.317 e. The number of carbonyl (C=O) groups excluding carboxylic acids is 2. The number of benzene rings is 2. The fourth-order valence-electron chi connectivity index (χ4n) is 4.28. The minimum atomic E-state index is -3.92. The molecule has 0 radical (unpaired) electrons. The van der Waals surface area contributed by atoms with Crippen LogP contribution in [0.4, 0.5) is 10.5 Å². The highest BCUT2D eigenvalue weighted by Crippen LogP contribution is 2.28. The van der Waals surface area contributed by atoms with E-state index in [1.165, 1.54) is 47.4 Å². The number of fused-ring (bicyclic) bond motifs is 1. The molecule has 3 atom stereocenters. The van der Waals surface area contributed by atoms with Gasteiger partial charge in [-0.15, -0.1) is 0 Å². The number of amides is 3. The van der Waals surface area contributed by atoms with Crippen molar-refractivity contribution in [3.63, 3.8) is 0 Å². The molecular weight excluding hydrogens is 544 g/mol. The number of halogens is 1. The summed E-state index contributed by atoms with van der Waals surface area (Å²) < 4.78 is 40.2. The van der Waals surface area contributed by atoms with E-state index in [9.17, 15) is 18.0 Å². The number of rotatable bonds is 5. The Balaban J connectivity index is 1.97. The van der Waals surface area contributed by atoms with E-state index < -0.39 is 10.0 Å². The zero-order valence-corrected chi connectivity index (χ0v) is 24.7.